The largest absolute Gasteiger partial charge is 0.478 e. The molecule has 6 heteroatoms. The smallest absolute Gasteiger partial charge is 0.417 e. The lowest BCUT2D eigenvalue weighted by molar-refractivity contribution is -0.137. The van der Waals surface area contributed by atoms with E-state index in [1.807, 2.05) is 0 Å². The first-order valence-corrected chi connectivity index (χ1v) is 3.71. The van der Waals surface area contributed by atoms with Gasteiger partial charge in [-0.3, -0.25) is 0 Å². The van der Waals surface area contributed by atoms with E-state index in [0.29, 0.717) is 6.07 Å². The lowest BCUT2D eigenvalue weighted by Gasteiger charge is -2.09. The second-order valence-corrected chi connectivity index (χ2v) is 2.64. The molecule has 0 aromatic heterocycles. The summed E-state index contributed by atoms with van der Waals surface area (Å²) >= 11 is 0. The molecule has 0 bridgehead atoms. The predicted octanol–water partition coefficient (Wildman–Crippen LogP) is 2.28. The molecule has 0 aliphatic carbocycles. The Morgan fingerprint density at radius 1 is 1.40 bits per heavy atom. The van der Waals surface area contributed by atoms with Gasteiger partial charge in [0.2, 0.25) is 0 Å². The average Bonchev–Trinajstić information content (AvgIpc) is 2.15. The fourth-order valence-electron chi connectivity index (χ4n) is 1.09. The Morgan fingerprint density at radius 2 is 2.00 bits per heavy atom. The number of rotatable bonds is 1. The monoisotopic (exact) mass is 215 g/mol. The summed E-state index contributed by atoms with van der Waals surface area (Å²) in [6.07, 6.45) is -4.73. The molecule has 1 rings (SSSR count). The van der Waals surface area contributed by atoms with Crippen molar-refractivity contribution >= 4 is 5.97 Å². The highest BCUT2D eigenvalue weighted by molar-refractivity contribution is 5.91. The molecular formula is C9H4F3NO2. The molecule has 0 aliphatic rings. The van der Waals surface area contributed by atoms with Gasteiger partial charge in [0.1, 0.15) is 6.07 Å². The maximum absolute atomic E-state index is 12.3. The number of benzene rings is 1. The number of alkyl halides is 3. The Hall–Kier alpha value is -2.03. The van der Waals surface area contributed by atoms with Crippen LogP contribution in [-0.2, 0) is 6.18 Å². The number of hydrogen-bond donors (Lipinski definition) is 1. The molecule has 1 aromatic rings. The summed E-state index contributed by atoms with van der Waals surface area (Å²) in [7, 11) is 0. The number of hydrogen-bond acceptors (Lipinski definition) is 2. The zero-order valence-corrected chi connectivity index (χ0v) is 7.17. The fraction of sp³-hybridized carbons (Fsp3) is 0.111. The van der Waals surface area contributed by atoms with Gasteiger partial charge >= 0.3 is 12.1 Å². The van der Waals surface area contributed by atoms with E-state index in [-0.39, 0.29) is 0 Å². The van der Waals surface area contributed by atoms with Crippen molar-refractivity contribution in [2.75, 3.05) is 0 Å². The van der Waals surface area contributed by atoms with Gasteiger partial charge in [-0.25, -0.2) is 4.79 Å². The predicted molar refractivity (Wildman–Crippen MR) is 43.1 cm³/mol. The second-order valence-electron chi connectivity index (χ2n) is 2.64. The number of carboxylic acids is 1. The third-order valence-electron chi connectivity index (χ3n) is 1.71. The molecule has 0 saturated carbocycles. The molecule has 1 N–H and O–H groups in total. The van der Waals surface area contributed by atoms with Crippen molar-refractivity contribution in [3.63, 3.8) is 0 Å². The van der Waals surface area contributed by atoms with Crippen LogP contribution in [0.4, 0.5) is 13.2 Å². The van der Waals surface area contributed by atoms with Crippen LogP contribution in [-0.4, -0.2) is 11.1 Å². The Labute approximate surface area is 82.4 Å². The van der Waals surface area contributed by atoms with E-state index in [1.54, 1.807) is 0 Å². The number of carbonyl (C=O) groups is 1. The van der Waals surface area contributed by atoms with E-state index in [2.05, 4.69) is 0 Å². The SMILES string of the molecule is N#Cc1c(C(=O)O)cccc1C(F)(F)F. The van der Waals surface area contributed by atoms with Crippen LogP contribution in [0.15, 0.2) is 18.2 Å². The van der Waals surface area contributed by atoms with Crippen LogP contribution in [0.3, 0.4) is 0 Å². The topological polar surface area (TPSA) is 61.1 Å². The highest BCUT2D eigenvalue weighted by Gasteiger charge is 2.35. The highest BCUT2D eigenvalue weighted by atomic mass is 19.4. The summed E-state index contributed by atoms with van der Waals surface area (Å²) in [5.41, 5.74) is -2.74. The zero-order valence-electron chi connectivity index (χ0n) is 7.17. The molecule has 0 spiro atoms. The van der Waals surface area contributed by atoms with Gasteiger partial charge < -0.3 is 5.11 Å². The van der Waals surface area contributed by atoms with E-state index >= 15 is 0 Å². The van der Waals surface area contributed by atoms with Gasteiger partial charge in [-0.2, -0.15) is 18.4 Å². The lowest BCUT2D eigenvalue weighted by Crippen LogP contribution is -2.11. The van der Waals surface area contributed by atoms with Crippen LogP contribution in [0.2, 0.25) is 0 Å². The number of carboxylic acid groups (broad SMARTS) is 1. The molecule has 0 aliphatic heterocycles. The number of nitriles is 1. The first kappa shape index (κ1) is 11.0. The molecule has 0 heterocycles. The summed E-state index contributed by atoms with van der Waals surface area (Å²) in [4.78, 5) is 10.5. The van der Waals surface area contributed by atoms with Crippen LogP contribution in [0.25, 0.3) is 0 Å². The van der Waals surface area contributed by atoms with Crippen molar-refractivity contribution < 1.29 is 23.1 Å². The molecule has 0 unspecified atom stereocenters. The molecule has 0 radical (unpaired) electrons. The number of nitrogens with zero attached hydrogens (tertiary/aromatic N) is 1. The van der Waals surface area contributed by atoms with Gasteiger partial charge in [-0.05, 0) is 12.1 Å². The molecular weight excluding hydrogens is 211 g/mol. The average molecular weight is 215 g/mol. The Kier molecular flexibility index (Phi) is 2.66. The normalized spacial score (nSPS) is 10.8. The first-order valence-electron chi connectivity index (χ1n) is 3.71. The number of halogens is 3. The summed E-state index contributed by atoms with van der Waals surface area (Å²) in [6, 6.07) is 3.83. The van der Waals surface area contributed by atoms with Crippen LogP contribution >= 0.6 is 0 Å². The van der Waals surface area contributed by atoms with E-state index in [9.17, 15) is 18.0 Å². The van der Waals surface area contributed by atoms with E-state index in [4.69, 9.17) is 10.4 Å². The maximum Gasteiger partial charge on any atom is 0.417 e. The zero-order chi connectivity index (χ0) is 11.6. The molecule has 0 amide bonds. The van der Waals surface area contributed by atoms with Crippen molar-refractivity contribution in [1.82, 2.24) is 0 Å². The van der Waals surface area contributed by atoms with E-state index in [1.165, 1.54) is 6.07 Å². The third kappa shape index (κ3) is 2.07. The minimum absolute atomic E-state index is 0.646. The van der Waals surface area contributed by atoms with Crippen LogP contribution in [0.5, 0.6) is 0 Å². The Bertz CT molecular complexity index is 446. The quantitative estimate of drug-likeness (QED) is 0.781. The van der Waals surface area contributed by atoms with Gasteiger partial charge in [0.15, 0.2) is 0 Å². The summed E-state index contributed by atoms with van der Waals surface area (Å²) in [5.74, 6) is -1.56. The Morgan fingerprint density at radius 3 is 2.40 bits per heavy atom. The summed E-state index contributed by atoms with van der Waals surface area (Å²) in [6.45, 7) is 0. The fourth-order valence-corrected chi connectivity index (χ4v) is 1.09. The van der Waals surface area contributed by atoms with Crippen molar-refractivity contribution in [2.24, 2.45) is 0 Å². The maximum atomic E-state index is 12.3. The molecule has 0 saturated heterocycles. The van der Waals surface area contributed by atoms with Crippen molar-refractivity contribution in [3.05, 3.63) is 34.9 Å². The third-order valence-corrected chi connectivity index (χ3v) is 1.71. The summed E-state index contributed by atoms with van der Waals surface area (Å²) in [5, 5.41) is 17.1. The minimum Gasteiger partial charge on any atom is -0.478 e. The van der Waals surface area contributed by atoms with Crippen LogP contribution in [0, 0.1) is 11.3 Å². The molecule has 3 nitrogen and oxygen atoms in total. The Balaban J connectivity index is 3.51. The number of aromatic carboxylic acids is 1. The minimum atomic E-state index is -4.73. The van der Waals surface area contributed by atoms with Crippen LogP contribution < -0.4 is 0 Å². The lowest BCUT2D eigenvalue weighted by atomic mass is 10.0. The van der Waals surface area contributed by atoms with Crippen molar-refractivity contribution in [3.8, 4) is 6.07 Å². The van der Waals surface area contributed by atoms with E-state index < -0.39 is 28.8 Å². The van der Waals surface area contributed by atoms with Gasteiger partial charge in [-0.1, -0.05) is 6.07 Å². The van der Waals surface area contributed by atoms with Gasteiger partial charge in [0, 0.05) is 0 Å². The van der Waals surface area contributed by atoms with E-state index in [0.717, 1.165) is 12.1 Å². The highest BCUT2D eigenvalue weighted by Crippen LogP contribution is 2.32. The van der Waals surface area contributed by atoms with Gasteiger partial charge in [0.25, 0.3) is 0 Å². The van der Waals surface area contributed by atoms with Crippen LogP contribution in [0.1, 0.15) is 21.5 Å². The molecule has 0 fully saturated rings. The van der Waals surface area contributed by atoms with Gasteiger partial charge in [-0.15, -0.1) is 0 Å². The van der Waals surface area contributed by atoms with Crippen molar-refractivity contribution in [1.29, 1.82) is 5.26 Å². The summed E-state index contributed by atoms with van der Waals surface area (Å²) < 4.78 is 37.0. The standard InChI is InChI=1S/C9H4F3NO2/c10-9(11,12)7-3-1-2-5(8(14)15)6(7)4-13/h1-3H,(H,14,15). The first-order chi connectivity index (χ1) is 6.88. The molecule has 0 atom stereocenters. The van der Waals surface area contributed by atoms with Crippen molar-refractivity contribution in [2.45, 2.75) is 6.18 Å². The molecule has 15 heavy (non-hydrogen) atoms. The molecule has 78 valence electrons. The van der Waals surface area contributed by atoms with Gasteiger partial charge in [0.05, 0.1) is 16.7 Å². The second kappa shape index (κ2) is 3.61. The molecule has 1 aromatic carbocycles.